The highest BCUT2D eigenvalue weighted by Crippen LogP contribution is 2.37. The molecule has 0 N–H and O–H groups in total. The Kier molecular flexibility index (Phi) is 4.09. The zero-order valence-electron chi connectivity index (χ0n) is 13.3. The maximum absolute atomic E-state index is 12.7. The number of nitrogens with zero attached hydrogens (tertiary/aromatic N) is 1. The molecule has 3 rings (SSSR count). The van der Waals surface area contributed by atoms with E-state index >= 15 is 0 Å². The van der Waals surface area contributed by atoms with Crippen LogP contribution in [0.15, 0.2) is 47.4 Å². The molecule has 1 fully saturated rings. The lowest BCUT2D eigenvalue weighted by Gasteiger charge is -2.16. The van der Waals surface area contributed by atoms with Crippen molar-refractivity contribution in [3.8, 4) is 0 Å². The van der Waals surface area contributed by atoms with Crippen molar-refractivity contribution < 1.29 is 9.59 Å². The number of benzene rings is 2. The molecule has 0 radical (unpaired) electrons. The van der Waals surface area contributed by atoms with Crippen molar-refractivity contribution in [2.24, 2.45) is 0 Å². The van der Waals surface area contributed by atoms with Gasteiger partial charge in [0.2, 0.25) is 0 Å². The van der Waals surface area contributed by atoms with Crippen molar-refractivity contribution in [3.63, 3.8) is 0 Å². The average molecular weight is 323 g/mol. The third-order valence-electron chi connectivity index (χ3n) is 3.95. The third kappa shape index (κ3) is 2.94. The van der Waals surface area contributed by atoms with Crippen LogP contribution >= 0.6 is 11.8 Å². The summed E-state index contributed by atoms with van der Waals surface area (Å²) in [6.45, 7) is 5.90. The van der Waals surface area contributed by atoms with E-state index in [1.54, 1.807) is 6.08 Å². The van der Waals surface area contributed by atoms with Crippen molar-refractivity contribution in [1.82, 2.24) is 0 Å². The quantitative estimate of drug-likeness (QED) is 0.741. The van der Waals surface area contributed by atoms with Crippen LogP contribution in [0.3, 0.4) is 0 Å². The SMILES string of the molecule is Cc1cccc(/C=C2\SC(=O)N(c3cccc(C)c3C)C2=O)c1. The number of carbonyl (C=O) groups is 2. The largest absolute Gasteiger partial charge is 0.298 e. The number of thioether (sulfide) groups is 1. The summed E-state index contributed by atoms with van der Waals surface area (Å²) in [5.41, 5.74) is 4.72. The Morgan fingerprint density at radius 1 is 1.00 bits per heavy atom. The molecule has 0 spiro atoms. The molecule has 2 aromatic rings. The Balaban J connectivity index is 1.99. The minimum Gasteiger partial charge on any atom is -0.268 e. The van der Waals surface area contributed by atoms with E-state index in [1.807, 2.05) is 63.2 Å². The topological polar surface area (TPSA) is 37.4 Å². The third-order valence-corrected chi connectivity index (χ3v) is 4.82. The van der Waals surface area contributed by atoms with Gasteiger partial charge in [0.1, 0.15) is 0 Å². The first-order valence-electron chi connectivity index (χ1n) is 7.38. The number of amides is 2. The van der Waals surface area contributed by atoms with Crippen LogP contribution in [0.2, 0.25) is 0 Å². The van der Waals surface area contributed by atoms with Crippen molar-refractivity contribution in [1.29, 1.82) is 0 Å². The Morgan fingerprint density at radius 3 is 2.48 bits per heavy atom. The van der Waals surface area contributed by atoms with Gasteiger partial charge in [-0.15, -0.1) is 0 Å². The maximum Gasteiger partial charge on any atom is 0.298 e. The van der Waals surface area contributed by atoms with Gasteiger partial charge in [0.15, 0.2) is 0 Å². The van der Waals surface area contributed by atoms with E-state index in [9.17, 15) is 9.59 Å². The molecule has 4 heteroatoms. The van der Waals surface area contributed by atoms with Gasteiger partial charge in [0.05, 0.1) is 10.6 Å². The summed E-state index contributed by atoms with van der Waals surface area (Å²) in [6.07, 6.45) is 1.78. The van der Waals surface area contributed by atoms with Crippen molar-refractivity contribution >= 4 is 34.7 Å². The van der Waals surface area contributed by atoms with E-state index in [0.717, 1.165) is 34.0 Å². The van der Waals surface area contributed by atoms with Crippen LogP contribution in [0.4, 0.5) is 10.5 Å². The maximum atomic E-state index is 12.7. The number of hydrogen-bond donors (Lipinski definition) is 0. The number of carbonyl (C=O) groups excluding carboxylic acids is 2. The number of hydrogen-bond acceptors (Lipinski definition) is 3. The van der Waals surface area contributed by atoms with Gasteiger partial charge >= 0.3 is 0 Å². The van der Waals surface area contributed by atoms with Crippen LogP contribution in [0.5, 0.6) is 0 Å². The minimum atomic E-state index is -0.254. The molecular weight excluding hydrogens is 306 g/mol. The Labute approximate surface area is 140 Å². The molecule has 1 aliphatic heterocycles. The average Bonchev–Trinajstić information content (AvgIpc) is 2.77. The molecular formula is C19H17NO2S. The molecule has 0 aliphatic carbocycles. The zero-order valence-corrected chi connectivity index (χ0v) is 14.1. The first-order chi connectivity index (χ1) is 11.0. The van der Waals surface area contributed by atoms with Gasteiger partial charge in [-0.05, 0) is 61.4 Å². The van der Waals surface area contributed by atoms with Crippen LogP contribution in [-0.2, 0) is 4.79 Å². The first kappa shape index (κ1) is 15.6. The molecule has 1 heterocycles. The lowest BCUT2D eigenvalue weighted by atomic mass is 10.1. The van der Waals surface area contributed by atoms with Crippen LogP contribution < -0.4 is 4.90 Å². The number of rotatable bonds is 2. The number of imide groups is 1. The number of anilines is 1. The zero-order chi connectivity index (χ0) is 16.6. The Bertz CT molecular complexity index is 839. The molecule has 0 bridgehead atoms. The van der Waals surface area contributed by atoms with Crippen LogP contribution in [-0.4, -0.2) is 11.1 Å². The first-order valence-corrected chi connectivity index (χ1v) is 8.20. The second kappa shape index (κ2) is 6.05. The predicted molar refractivity (Wildman–Crippen MR) is 95.5 cm³/mol. The van der Waals surface area contributed by atoms with E-state index in [-0.39, 0.29) is 11.1 Å². The lowest BCUT2D eigenvalue weighted by molar-refractivity contribution is -0.113. The summed E-state index contributed by atoms with van der Waals surface area (Å²) in [5, 5.41) is -0.248. The van der Waals surface area contributed by atoms with E-state index in [2.05, 4.69) is 0 Å². The van der Waals surface area contributed by atoms with Crippen molar-refractivity contribution in [2.75, 3.05) is 4.90 Å². The molecule has 23 heavy (non-hydrogen) atoms. The van der Waals surface area contributed by atoms with Gasteiger partial charge in [-0.1, -0.05) is 42.0 Å². The smallest absolute Gasteiger partial charge is 0.268 e. The second-order valence-corrected chi connectivity index (χ2v) is 6.64. The predicted octanol–water partition coefficient (Wildman–Crippen LogP) is 4.85. The van der Waals surface area contributed by atoms with Crippen LogP contribution in [0.1, 0.15) is 22.3 Å². The molecule has 0 unspecified atom stereocenters. The highest BCUT2D eigenvalue weighted by atomic mass is 32.2. The standard InChI is InChI=1S/C19H17NO2S/c1-12-6-4-8-15(10-12)11-17-18(21)20(19(22)23-17)16-9-5-7-13(2)14(16)3/h4-11H,1-3H3/b17-11-. The molecule has 1 aliphatic rings. The summed E-state index contributed by atoms with van der Waals surface area (Å²) >= 11 is 0.990. The molecule has 0 aromatic heterocycles. The van der Waals surface area contributed by atoms with Gasteiger partial charge in [-0.2, -0.15) is 0 Å². The van der Waals surface area contributed by atoms with Gasteiger partial charge in [0.25, 0.3) is 11.1 Å². The molecule has 3 nitrogen and oxygen atoms in total. The van der Waals surface area contributed by atoms with Crippen molar-refractivity contribution in [3.05, 3.63) is 69.6 Å². The Hall–Kier alpha value is -2.33. The summed E-state index contributed by atoms with van der Waals surface area (Å²) < 4.78 is 0. The highest BCUT2D eigenvalue weighted by Gasteiger charge is 2.37. The normalized spacial score (nSPS) is 16.5. The van der Waals surface area contributed by atoms with Crippen LogP contribution in [0.25, 0.3) is 6.08 Å². The van der Waals surface area contributed by atoms with Gasteiger partial charge in [-0.3, -0.25) is 9.59 Å². The van der Waals surface area contributed by atoms with Crippen LogP contribution in [0, 0.1) is 20.8 Å². The fraction of sp³-hybridized carbons (Fsp3) is 0.158. The summed E-state index contributed by atoms with van der Waals surface area (Å²) in [5.74, 6) is -0.254. The number of aryl methyl sites for hydroxylation is 2. The fourth-order valence-corrected chi connectivity index (χ4v) is 3.40. The molecule has 1 saturated heterocycles. The molecule has 0 atom stereocenters. The molecule has 0 saturated carbocycles. The Morgan fingerprint density at radius 2 is 1.74 bits per heavy atom. The van der Waals surface area contributed by atoms with E-state index in [4.69, 9.17) is 0 Å². The van der Waals surface area contributed by atoms with Crippen molar-refractivity contribution in [2.45, 2.75) is 20.8 Å². The summed E-state index contributed by atoms with van der Waals surface area (Å²) in [4.78, 5) is 26.8. The molecule has 116 valence electrons. The summed E-state index contributed by atoms with van der Waals surface area (Å²) in [6, 6.07) is 13.5. The highest BCUT2D eigenvalue weighted by molar-refractivity contribution is 8.19. The molecule has 2 amide bonds. The second-order valence-electron chi connectivity index (χ2n) is 5.65. The van der Waals surface area contributed by atoms with Gasteiger partial charge in [0, 0.05) is 0 Å². The van der Waals surface area contributed by atoms with Gasteiger partial charge in [-0.25, -0.2) is 4.90 Å². The lowest BCUT2D eigenvalue weighted by Crippen LogP contribution is -2.28. The van der Waals surface area contributed by atoms with E-state index in [1.165, 1.54) is 4.90 Å². The fourth-order valence-electron chi connectivity index (χ4n) is 2.56. The summed E-state index contributed by atoms with van der Waals surface area (Å²) in [7, 11) is 0. The van der Waals surface area contributed by atoms with Gasteiger partial charge < -0.3 is 0 Å². The molecule has 2 aromatic carbocycles. The van der Waals surface area contributed by atoms with E-state index < -0.39 is 0 Å². The van der Waals surface area contributed by atoms with E-state index in [0.29, 0.717) is 10.6 Å². The monoisotopic (exact) mass is 323 g/mol. The minimum absolute atomic E-state index is 0.248.